The molecule has 1 unspecified atom stereocenters. The van der Waals surface area contributed by atoms with Crippen molar-refractivity contribution in [2.45, 2.75) is 25.8 Å². The third kappa shape index (κ3) is 3.33. The van der Waals surface area contributed by atoms with Crippen molar-refractivity contribution >= 4 is 39.1 Å². The van der Waals surface area contributed by atoms with E-state index in [9.17, 15) is 14.0 Å². The summed E-state index contributed by atoms with van der Waals surface area (Å²) in [7, 11) is 0. The summed E-state index contributed by atoms with van der Waals surface area (Å²) in [5, 5.41) is 2.85. The van der Waals surface area contributed by atoms with Gasteiger partial charge in [0, 0.05) is 22.3 Å². The number of anilines is 2. The normalized spacial score (nSPS) is 17.2. The second-order valence-electron chi connectivity index (χ2n) is 5.75. The van der Waals surface area contributed by atoms with Crippen molar-refractivity contribution < 1.29 is 14.0 Å². The Labute approximate surface area is 147 Å². The first-order valence-electron chi connectivity index (χ1n) is 7.60. The Morgan fingerprint density at radius 1 is 1.25 bits per heavy atom. The van der Waals surface area contributed by atoms with Gasteiger partial charge in [-0.3, -0.25) is 14.5 Å². The molecule has 1 aliphatic heterocycles. The number of rotatable bonds is 3. The number of carbonyl (C=O) groups is 2. The van der Waals surface area contributed by atoms with Crippen LogP contribution in [0.3, 0.4) is 0 Å². The highest BCUT2D eigenvalue weighted by atomic mass is 79.9. The van der Waals surface area contributed by atoms with Crippen molar-refractivity contribution in [1.82, 2.24) is 0 Å². The van der Waals surface area contributed by atoms with Crippen LogP contribution in [0.25, 0.3) is 0 Å². The Morgan fingerprint density at radius 2 is 1.96 bits per heavy atom. The molecule has 0 radical (unpaired) electrons. The lowest BCUT2D eigenvalue weighted by Gasteiger charge is -2.24. The fourth-order valence-electron chi connectivity index (χ4n) is 2.75. The first-order chi connectivity index (χ1) is 11.5. The minimum absolute atomic E-state index is 0.133. The zero-order chi connectivity index (χ0) is 17.3. The van der Waals surface area contributed by atoms with E-state index in [-0.39, 0.29) is 17.6 Å². The first-order valence-corrected chi connectivity index (χ1v) is 8.39. The van der Waals surface area contributed by atoms with Crippen molar-refractivity contribution in [1.29, 1.82) is 0 Å². The largest absolute Gasteiger partial charge is 0.324 e. The maximum absolute atomic E-state index is 13.1. The standard InChI is InChI=1S/C18H16BrFN2O2/c1-11-2-5-13(10-15(11)19)21-18(24)16-8-9-17(23)22(16)14-6-3-12(20)4-7-14/h2-7,10,16H,8-9H2,1H3,(H,21,24). The molecule has 2 aromatic carbocycles. The summed E-state index contributed by atoms with van der Waals surface area (Å²) in [5.74, 6) is -0.760. The van der Waals surface area contributed by atoms with E-state index in [2.05, 4.69) is 21.2 Å². The molecule has 1 aliphatic rings. The SMILES string of the molecule is Cc1ccc(NC(=O)C2CCC(=O)N2c2ccc(F)cc2)cc1Br. The Morgan fingerprint density at radius 3 is 2.62 bits per heavy atom. The molecular weight excluding hydrogens is 375 g/mol. The molecule has 2 aromatic rings. The number of benzene rings is 2. The Balaban J connectivity index is 1.81. The lowest BCUT2D eigenvalue weighted by atomic mass is 10.1. The van der Waals surface area contributed by atoms with Crippen molar-refractivity contribution in [3.8, 4) is 0 Å². The van der Waals surface area contributed by atoms with Crippen LogP contribution in [0.5, 0.6) is 0 Å². The zero-order valence-corrected chi connectivity index (χ0v) is 14.6. The molecule has 6 heteroatoms. The average molecular weight is 391 g/mol. The Hall–Kier alpha value is -2.21. The van der Waals surface area contributed by atoms with E-state index in [0.717, 1.165) is 10.0 Å². The van der Waals surface area contributed by atoms with Crippen LogP contribution < -0.4 is 10.2 Å². The van der Waals surface area contributed by atoms with Gasteiger partial charge >= 0.3 is 0 Å². The van der Waals surface area contributed by atoms with Gasteiger partial charge in [-0.15, -0.1) is 0 Å². The number of amides is 2. The average Bonchev–Trinajstić information content (AvgIpc) is 2.93. The van der Waals surface area contributed by atoms with E-state index in [0.29, 0.717) is 24.2 Å². The molecule has 24 heavy (non-hydrogen) atoms. The number of nitrogens with one attached hydrogen (secondary N) is 1. The number of aryl methyl sites for hydroxylation is 1. The maximum atomic E-state index is 13.1. The molecule has 0 aromatic heterocycles. The third-order valence-corrected chi connectivity index (χ3v) is 4.91. The van der Waals surface area contributed by atoms with Gasteiger partial charge in [0.05, 0.1) is 0 Å². The van der Waals surface area contributed by atoms with Gasteiger partial charge in [0.2, 0.25) is 11.8 Å². The Kier molecular flexibility index (Phi) is 4.66. The van der Waals surface area contributed by atoms with Crippen LogP contribution in [0, 0.1) is 12.7 Å². The van der Waals surface area contributed by atoms with Crippen molar-refractivity contribution in [2.75, 3.05) is 10.2 Å². The third-order valence-electron chi connectivity index (χ3n) is 4.06. The molecule has 2 amide bonds. The van der Waals surface area contributed by atoms with Gasteiger partial charge in [-0.1, -0.05) is 22.0 Å². The molecule has 0 saturated carbocycles. The summed E-state index contributed by atoms with van der Waals surface area (Å²) >= 11 is 3.43. The first kappa shape index (κ1) is 16.6. The molecule has 3 rings (SSSR count). The second kappa shape index (κ2) is 6.73. The molecule has 0 spiro atoms. The minimum atomic E-state index is -0.594. The number of hydrogen-bond acceptors (Lipinski definition) is 2. The predicted octanol–water partition coefficient (Wildman–Crippen LogP) is 4.03. The summed E-state index contributed by atoms with van der Waals surface area (Å²) < 4.78 is 14.0. The van der Waals surface area contributed by atoms with Crippen molar-refractivity contribution in [3.63, 3.8) is 0 Å². The fraction of sp³-hybridized carbons (Fsp3) is 0.222. The summed E-state index contributed by atoms with van der Waals surface area (Å²) in [5.41, 5.74) is 2.26. The van der Waals surface area contributed by atoms with Crippen molar-refractivity contribution in [3.05, 3.63) is 58.3 Å². The summed E-state index contributed by atoms with van der Waals surface area (Å²) in [4.78, 5) is 26.2. The number of nitrogens with zero attached hydrogens (tertiary/aromatic N) is 1. The molecule has 0 bridgehead atoms. The van der Waals surface area contributed by atoms with Crippen LogP contribution in [-0.4, -0.2) is 17.9 Å². The number of carbonyl (C=O) groups excluding carboxylic acids is 2. The number of hydrogen-bond donors (Lipinski definition) is 1. The highest BCUT2D eigenvalue weighted by Crippen LogP contribution is 2.28. The van der Waals surface area contributed by atoms with Gasteiger partial charge in [-0.25, -0.2) is 4.39 Å². The van der Waals surface area contributed by atoms with E-state index >= 15 is 0 Å². The molecule has 1 heterocycles. The van der Waals surface area contributed by atoms with Gasteiger partial charge in [0.15, 0.2) is 0 Å². The fourth-order valence-corrected chi connectivity index (χ4v) is 3.13. The van der Waals surface area contributed by atoms with Crippen molar-refractivity contribution in [2.24, 2.45) is 0 Å². The summed E-state index contributed by atoms with van der Waals surface area (Å²) in [6, 6.07) is 10.5. The summed E-state index contributed by atoms with van der Waals surface area (Å²) in [6.45, 7) is 1.96. The summed E-state index contributed by atoms with van der Waals surface area (Å²) in [6.07, 6.45) is 0.738. The quantitative estimate of drug-likeness (QED) is 0.859. The van der Waals surface area contributed by atoms with Gasteiger partial charge in [0.1, 0.15) is 11.9 Å². The molecule has 1 atom stereocenters. The maximum Gasteiger partial charge on any atom is 0.247 e. The van der Waals surface area contributed by atoms with Gasteiger partial charge in [-0.05, 0) is 55.3 Å². The van der Waals surface area contributed by atoms with Gasteiger partial charge < -0.3 is 5.32 Å². The van der Waals surface area contributed by atoms with Crippen LogP contribution >= 0.6 is 15.9 Å². The van der Waals surface area contributed by atoms with Crippen LogP contribution in [0.1, 0.15) is 18.4 Å². The molecule has 124 valence electrons. The predicted molar refractivity (Wildman–Crippen MR) is 94.4 cm³/mol. The molecule has 1 saturated heterocycles. The van der Waals surface area contributed by atoms with E-state index in [1.807, 2.05) is 25.1 Å². The molecule has 0 aliphatic carbocycles. The molecule has 1 fully saturated rings. The number of halogens is 2. The lowest BCUT2D eigenvalue weighted by Crippen LogP contribution is -2.41. The van der Waals surface area contributed by atoms with E-state index in [1.54, 1.807) is 0 Å². The molecular formula is C18H16BrFN2O2. The molecule has 1 N–H and O–H groups in total. The van der Waals surface area contributed by atoms with Crippen LogP contribution in [-0.2, 0) is 9.59 Å². The lowest BCUT2D eigenvalue weighted by molar-refractivity contribution is -0.120. The Bertz CT molecular complexity index is 792. The van der Waals surface area contributed by atoms with Gasteiger partial charge in [0.25, 0.3) is 0 Å². The van der Waals surface area contributed by atoms with Gasteiger partial charge in [-0.2, -0.15) is 0 Å². The minimum Gasteiger partial charge on any atom is -0.324 e. The van der Waals surface area contributed by atoms with E-state index < -0.39 is 6.04 Å². The smallest absolute Gasteiger partial charge is 0.247 e. The monoisotopic (exact) mass is 390 g/mol. The van der Waals surface area contributed by atoms with E-state index in [4.69, 9.17) is 0 Å². The highest BCUT2D eigenvalue weighted by molar-refractivity contribution is 9.10. The van der Waals surface area contributed by atoms with Crippen LogP contribution in [0.4, 0.5) is 15.8 Å². The topological polar surface area (TPSA) is 49.4 Å². The zero-order valence-electron chi connectivity index (χ0n) is 13.1. The second-order valence-corrected chi connectivity index (χ2v) is 6.60. The van der Waals surface area contributed by atoms with Crippen LogP contribution in [0.15, 0.2) is 46.9 Å². The van der Waals surface area contributed by atoms with E-state index in [1.165, 1.54) is 29.2 Å². The molecule has 4 nitrogen and oxygen atoms in total. The van der Waals surface area contributed by atoms with Crippen LogP contribution in [0.2, 0.25) is 0 Å². The highest BCUT2D eigenvalue weighted by Gasteiger charge is 2.37.